The lowest BCUT2D eigenvalue weighted by atomic mass is 10.2. The van der Waals surface area contributed by atoms with Crippen molar-refractivity contribution in [3.05, 3.63) is 0 Å². The Morgan fingerprint density at radius 2 is 2.25 bits per heavy atom. The van der Waals surface area contributed by atoms with Crippen LogP contribution in [0.4, 0.5) is 0 Å². The maximum atomic E-state index is 10.5. The van der Waals surface area contributed by atoms with E-state index in [4.69, 9.17) is 0 Å². The first-order valence-electron chi connectivity index (χ1n) is 2.83. The average molecular weight is 179 g/mol. The van der Waals surface area contributed by atoms with Crippen molar-refractivity contribution in [3.63, 3.8) is 0 Å². The lowest BCUT2D eigenvalue weighted by Crippen LogP contribution is -2.07. The van der Waals surface area contributed by atoms with E-state index in [1.165, 1.54) is 0 Å². The summed E-state index contributed by atoms with van der Waals surface area (Å²) >= 11 is 3.25. The molecule has 0 heterocycles. The van der Waals surface area contributed by atoms with Gasteiger partial charge in [0.2, 0.25) is 0 Å². The maximum absolute atomic E-state index is 10.5. The Bertz CT molecular complexity index is 80.6. The Hall–Kier alpha value is 0.150. The molecule has 0 aromatic rings. The van der Waals surface area contributed by atoms with Crippen LogP contribution >= 0.6 is 15.9 Å². The van der Waals surface area contributed by atoms with Gasteiger partial charge in [-0.15, -0.1) is 0 Å². The molecule has 0 N–H and O–H groups in total. The molecule has 0 fully saturated rings. The third-order valence-electron chi connectivity index (χ3n) is 0.983. The summed E-state index contributed by atoms with van der Waals surface area (Å²) in [5.41, 5.74) is 0. The van der Waals surface area contributed by atoms with Crippen molar-refractivity contribution < 1.29 is 4.79 Å². The van der Waals surface area contributed by atoms with Crippen LogP contribution in [0.1, 0.15) is 26.7 Å². The highest BCUT2D eigenvalue weighted by molar-refractivity contribution is 9.10. The van der Waals surface area contributed by atoms with Crippen molar-refractivity contribution in [3.8, 4) is 0 Å². The third-order valence-corrected chi connectivity index (χ3v) is 2.09. The largest absolute Gasteiger partial charge is 0.299 e. The number of rotatable bonds is 3. The maximum Gasteiger partial charge on any atom is 0.143 e. The van der Waals surface area contributed by atoms with Gasteiger partial charge in [0.25, 0.3) is 0 Å². The first-order valence-corrected chi connectivity index (χ1v) is 3.74. The molecule has 0 amide bonds. The second-order valence-electron chi connectivity index (χ2n) is 1.87. The Morgan fingerprint density at radius 3 is 2.38 bits per heavy atom. The van der Waals surface area contributed by atoms with Gasteiger partial charge in [-0.1, -0.05) is 29.3 Å². The first kappa shape index (κ1) is 8.15. The fourth-order valence-electron chi connectivity index (χ4n) is 0.457. The Balaban J connectivity index is 3.32. The van der Waals surface area contributed by atoms with E-state index in [0.29, 0.717) is 0 Å². The van der Waals surface area contributed by atoms with Crippen LogP contribution in [0.25, 0.3) is 0 Å². The highest BCUT2D eigenvalue weighted by Gasteiger charge is 2.05. The van der Waals surface area contributed by atoms with Crippen molar-refractivity contribution in [2.45, 2.75) is 31.5 Å². The third kappa shape index (κ3) is 3.19. The van der Waals surface area contributed by atoms with Crippen molar-refractivity contribution in [2.24, 2.45) is 0 Å². The topological polar surface area (TPSA) is 17.1 Å². The Kier molecular flexibility index (Phi) is 4.15. The average Bonchev–Trinajstić information content (AvgIpc) is 1.67. The summed E-state index contributed by atoms with van der Waals surface area (Å²) in [6, 6.07) is 0. The van der Waals surface area contributed by atoms with Crippen LogP contribution in [0, 0.1) is 0 Å². The Labute approximate surface area is 58.6 Å². The van der Waals surface area contributed by atoms with E-state index in [0.717, 1.165) is 12.8 Å². The molecule has 48 valence electrons. The summed E-state index contributed by atoms with van der Waals surface area (Å²) in [5, 5.41) is 0. The van der Waals surface area contributed by atoms with Crippen LogP contribution in [-0.2, 0) is 4.79 Å². The standard InChI is InChI=1S/C6H11BrO/c1-3-4-6(7)5(2)8/h6H,3-4H2,1-2H3. The van der Waals surface area contributed by atoms with E-state index in [9.17, 15) is 4.79 Å². The quantitative estimate of drug-likeness (QED) is 0.606. The van der Waals surface area contributed by atoms with Crippen LogP contribution in [0.5, 0.6) is 0 Å². The molecule has 0 bridgehead atoms. The molecule has 1 nitrogen and oxygen atoms in total. The van der Waals surface area contributed by atoms with Gasteiger partial charge in [-0.25, -0.2) is 0 Å². The molecule has 0 aliphatic carbocycles. The van der Waals surface area contributed by atoms with E-state index < -0.39 is 0 Å². The minimum atomic E-state index is 0.0903. The van der Waals surface area contributed by atoms with Gasteiger partial charge in [0.05, 0.1) is 4.83 Å². The van der Waals surface area contributed by atoms with Crippen LogP contribution in [-0.4, -0.2) is 10.6 Å². The second kappa shape index (κ2) is 4.07. The summed E-state index contributed by atoms with van der Waals surface area (Å²) < 4.78 is 0. The highest BCUT2D eigenvalue weighted by Crippen LogP contribution is 2.07. The molecule has 0 aliphatic rings. The molecule has 1 unspecified atom stereocenters. The molecule has 0 aromatic heterocycles. The van der Waals surface area contributed by atoms with Gasteiger partial charge in [0, 0.05) is 0 Å². The van der Waals surface area contributed by atoms with Crippen LogP contribution in [0.15, 0.2) is 0 Å². The molecule has 8 heavy (non-hydrogen) atoms. The predicted molar refractivity (Wildman–Crippen MR) is 38.3 cm³/mol. The van der Waals surface area contributed by atoms with Gasteiger partial charge >= 0.3 is 0 Å². The van der Waals surface area contributed by atoms with Crippen molar-refractivity contribution in [1.29, 1.82) is 0 Å². The van der Waals surface area contributed by atoms with Crippen molar-refractivity contribution in [2.75, 3.05) is 0 Å². The van der Waals surface area contributed by atoms with Crippen LogP contribution < -0.4 is 0 Å². The number of halogens is 1. The molecule has 2 heteroatoms. The van der Waals surface area contributed by atoms with E-state index in [1.807, 2.05) is 0 Å². The number of Topliss-reactive ketones (excluding diaryl/α,β-unsaturated/α-hetero) is 1. The minimum absolute atomic E-state index is 0.0903. The van der Waals surface area contributed by atoms with Crippen molar-refractivity contribution >= 4 is 21.7 Å². The lowest BCUT2D eigenvalue weighted by Gasteiger charge is -1.99. The summed E-state index contributed by atoms with van der Waals surface area (Å²) in [7, 11) is 0. The second-order valence-corrected chi connectivity index (χ2v) is 2.97. The number of ketones is 1. The van der Waals surface area contributed by atoms with Crippen LogP contribution in [0.2, 0.25) is 0 Å². The SMILES string of the molecule is CCCC(Br)C(C)=O. The van der Waals surface area contributed by atoms with Gasteiger partial charge in [-0.2, -0.15) is 0 Å². The Morgan fingerprint density at radius 1 is 1.75 bits per heavy atom. The summed E-state index contributed by atoms with van der Waals surface area (Å²) in [6.45, 7) is 3.67. The molecule has 0 spiro atoms. The zero-order valence-electron chi connectivity index (χ0n) is 5.28. The summed E-state index contributed by atoms with van der Waals surface area (Å²) in [4.78, 5) is 10.6. The number of carbonyl (C=O) groups excluding carboxylic acids is 1. The first-order chi connectivity index (χ1) is 3.68. The molecule has 0 aliphatic heterocycles. The van der Waals surface area contributed by atoms with E-state index in [2.05, 4.69) is 22.9 Å². The fraction of sp³-hybridized carbons (Fsp3) is 0.833. The number of hydrogen-bond donors (Lipinski definition) is 0. The lowest BCUT2D eigenvalue weighted by molar-refractivity contribution is -0.116. The summed E-state index contributed by atoms with van der Waals surface area (Å²) in [6.07, 6.45) is 2.02. The van der Waals surface area contributed by atoms with Gasteiger partial charge in [0.1, 0.15) is 5.78 Å². The number of carbonyl (C=O) groups is 1. The smallest absolute Gasteiger partial charge is 0.143 e. The number of hydrogen-bond acceptors (Lipinski definition) is 1. The number of alkyl halides is 1. The zero-order chi connectivity index (χ0) is 6.57. The molecule has 0 saturated heterocycles. The molecular weight excluding hydrogens is 168 g/mol. The molecule has 0 saturated carbocycles. The van der Waals surface area contributed by atoms with Gasteiger partial charge in [0.15, 0.2) is 0 Å². The predicted octanol–water partition coefficient (Wildman–Crippen LogP) is 2.14. The minimum Gasteiger partial charge on any atom is -0.299 e. The normalized spacial score (nSPS) is 13.4. The van der Waals surface area contributed by atoms with Gasteiger partial charge < -0.3 is 0 Å². The molecule has 0 rings (SSSR count). The van der Waals surface area contributed by atoms with E-state index in [1.54, 1.807) is 6.92 Å². The molecule has 0 aromatic carbocycles. The van der Waals surface area contributed by atoms with Gasteiger partial charge in [-0.3, -0.25) is 4.79 Å². The van der Waals surface area contributed by atoms with E-state index in [-0.39, 0.29) is 10.6 Å². The summed E-state index contributed by atoms with van der Waals surface area (Å²) in [5.74, 6) is 0.229. The highest BCUT2D eigenvalue weighted by atomic mass is 79.9. The van der Waals surface area contributed by atoms with Gasteiger partial charge in [-0.05, 0) is 13.3 Å². The molecular formula is C6H11BrO. The molecule has 1 atom stereocenters. The zero-order valence-corrected chi connectivity index (χ0v) is 6.86. The van der Waals surface area contributed by atoms with Crippen LogP contribution in [0.3, 0.4) is 0 Å². The van der Waals surface area contributed by atoms with E-state index >= 15 is 0 Å². The fourth-order valence-corrected chi connectivity index (χ4v) is 0.915. The molecule has 0 radical (unpaired) electrons. The monoisotopic (exact) mass is 178 g/mol. The van der Waals surface area contributed by atoms with Crippen molar-refractivity contribution in [1.82, 2.24) is 0 Å².